The number of carbonyl (C=O) groups is 1. The number of hydrogen-bond donors (Lipinski definition) is 1. The largest absolute Gasteiger partial charge is 0.476 e. The molecule has 2 aromatic rings. The fourth-order valence-electron chi connectivity index (χ4n) is 1.19. The highest BCUT2D eigenvalue weighted by Gasteiger charge is 2.30. The van der Waals surface area contributed by atoms with Crippen molar-refractivity contribution in [2.24, 2.45) is 0 Å². The Kier molecular flexibility index (Phi) is 3.89. The van der Waals surface area contributed by atoms with Crippen molar-refractivity contribution in [3.8, 4) is 0 Å². The first-order valence-corrected chi connectivity index (χ1v) is 5.94. The number of aromatic nitrogens is 3. The predicted molar refractivity (Wildman–Crippen MR) is 62.4 cm³/mol. The standard InChI is InChI=1S/C11H6F3N3O2S/c12-11(13,14)6-1-2-8(16-3-6)20-9-5-15-7(4-17-9)10(18)19/h1-5H,(H,18,19). The van der Waals surface area contributed by atoms with Crippen LogP contribution in [0, 0.1) is 0 Å². The number of alkyl halides is 3. The van der Waals surface area contributed by atoms with Gasteiger partial charge < -0.3 is 5.11 Å². The van der Waals surface area contributed by atoms with Crippen molar-refractivity contribution in [2.45, 2.75) is 16.2 Å². The summed E-state index contributed by atoms with van der Waals surface area (Å²) in [6, 6.07) is 2.12. The summed E-state index contributed by atoms with van der Waals surface area (Å²) in [5.74, 6) is -1.21. The number of nitrogens with zero attached hydrogens (tertiary/aromatic N) is 3. The van der Waals surface area contributed by atoms with Gasteiger partial charge in [-0.1, -0.05) is 0 Å². The highest BCUT2D eigenvalue weighted by Crippen LogP contribution is 2.30. The van der Waals surface area contributed by atoms with E-state index < -0.39 is 17.7 Å². The molecule has 5 nitrogen and oxygen atoms in total. The minimum Gasteiger partial charge on any atom is -0.476 e. The van der Waals surface area contributed by atoms with E-state index in [1.165, 1.54) is 12.3 Å². The lowest BCUT2D eigenvalue weighted by Crippen LogP contribution is -2.05. The maximum atomic E-state index is 12.3. The summed E-state index contributed by atoms with van der Waals surface area (Å²) in [4.78, 5) is 21.7. The average molecular weight is 301 g/mol. The van der Waals surface area contributed by atoms with Crippen LogP contribution in [0.3, 0.4) is 0 Å². The molecule has 1 N–H and O–H groups in total. The van der Waals surface area contributed by atoms with Gasteiger partial charge in [-0.2, -0.15) is 13.2 Å². The molecule has 20 heavy (non-hydrogen) atoms. The number of hydrogen-bond acceptors (Lipinski definition) is 5. The van der Waals surface area contributed by atoms with Gasteiger partial charge in [0, 0.05) is 6.20 Å². The van der Waals surface area contributed by atoms with Crippen LogP contribution in [0.5, 0.6) is 0 Å². The van der Waals surface area contributed by atoms with Crippen LogP contribution < -0.4 is 0 Å². The number of carboxylic acid groups (broad SMARTS) is 1. The Morgan fingerprint density at radius 2 is 1.75 bits per heavy atom. The molecular formula is C11H6F3N3O2S. The van der Waals surface area contributed by atoms with Gasteiger partial charge in [-0.3, -0.25) is 0 Å². The third-order valence-corrected chi connectivity index (χ3v) is 2.99. The fourth-order valence-corrected chi connectivity index (χ4v) is 1.86. The number of aromatic carboxylic acids is 1. The second kappa shape index (κ2) is 5.45. The van der Waals surface area contributed by atoms with Gasteiger partial charge in [0.25, 0.3) is 0 Å². The number of rotatable bonds is 3. The van der Waals surface area contributed by atoms with Gasteiger partial charge in [0.1, 0.15) is 10.1 Å². The molecular weight excluding hydrogens is 295 g/mol. The molecule has 0 spiro atoms. The van der Waals surface area contributed by atoms with Crippen LogP contribution in [0.25, 0.3) is 0 Å². The van der Waals surface area contributed by atoms with Crippen molar-refractivity contribution in [3.63, 3.8) is 0 Å². The molecule has 104 valence electrons. The predicted octanol–water partition coefficient (Wildman–Crippen LogP) is 2.74. The van der Waals surface area contributed by atoms with Crippen LogP contribution in [0.15, 0.2) is 40.8 Å². The Balaban J connectivity index is 2.12. The van der Waals surface area contributed by atoms with Crippen LogP contribution in [-0.2, 0) is 6.18 Å². The number of pyridine rings is 1. The molecule has 0 aliphatic heterocycles. The smallest absolute Gasteiger partial charge is 0.417 e. The van der Waals surface area contributed by atoms with E-state index in [4.69, 9.17) is 5.11 Å². The molecule has 9 heteroatoms. The van der Waals surface area contributed by atoms with E-state index in [0.717, 1.165) is 30.2 Å². The van der Waals surface area contributed by atoms with E-state index in [9.17, 15) is 18.0 Å². The lowest BCUT2D eigenvalue weighted by atomic mass is 10.3. The van der Waals surface area contributed by atoms with Crippen molar-refractivity contribution in [1.29, 1.82) is 0 Å². The second-order valence-electron chi connectivity index (χ2n) is 3.53. The van der Waals surface area contributed by atoms with Gasteiger partial charge >= 0.3 is 12.1 Å². The number of halogens is 3. The zero-order valence-electron chi connectivity index (χ0n) is 9.63. The molecule has 0 saturated heterocycles. The quantitative estimate of drug-likeness (QED) is 0.939. The Morgan fingerprint density at radius 1 is 1.05 bits per heavy atom. The number of carboxylic acids is 1. The second-order valence-corrected chi connectivity index (χ2v) is 4.57. The first-order valence-electron chi connectivity index (χ1n) is 5.13. The minimum absolute atomic E-state index is 0.213. The lowest BCUT2D eigenvalue weighted by Gasteiger charge is -2.06. The first-order chi connectivity index (χ1) is 9.36. The van der Waals surface area contributed by atoms with Crippen molar-refractivity contribution < 1.29 is 23.1 Å². The van der Waals surface area contributed by atoms with Gasteiger partial charge in [0.2, 0.25) is 0 Å². The lowest BCUT2D eigenvalue weighted by molar-refractivity contribution is -0.137. The molecule has 0 aliphatic rings. The van der Waals surface area contributed by atoms with Crippen molar-refractivity contribution >= 4 is 17.7 Å². The van der Waals surface area contributed by atoms with E-state index in [0.29, 0.717) is 10.1 Å². The van der Waals surface area contributed by atoms with E-state index in [-0.39, 0.29) is 5.69 Å². The summed E-state index contributed by atoms with van der Waals surface area (Å²) in [6.07, 6.45) is -1.43. The van der Waals surface area contributed by atoms with Crippen LogP contribution in [0.2, 0.25) is 0 Å². The summed E-state index contributed by atoms with van der Waals surface area (Å²) in [5, 5.41) is 9.28. The van der Waals surface area contributed by atoms with E-state index >= 15 is 0 Å². The molecule has 0 radical (unpaired) electrons. The normalized spacial score (nSPS) is 11.3. The molecule has 2 rings (SSSR count). The third kappa shape index (κ3) is 3.44. The van der Waals surface area contributed by atoms with Gasteiger partial charge in [-0.15, -0.1) is 0 Å². The summed E-state index contributed by atoms with van der Waals surface area (Å²) < 4.78 is 37.0. The molecule has 0 atom stereocenters. The Bertz CT molecular complexity index is 614. The minimum atomic E-state index is -4.43. The van der Waals surface area contributed by atoms with E-state index in [1.807, 2.05) is 0 Å². The molecule has 2 heterocycles. The fraction of sp³-hybridized carbons (Fsp3) is 0.0909. The molecule has 0 bridgehead atoms. The highest BCUT2D eigenvalue weighted by atomic mass is 32.2. The first kappa shape index (κ1) is 14.3. The van der Waals surface area contributed by atoms with Crippen LogP contribution in [0.1, 0.15) is 16.1 Å². The summed E-state index contributed by atoms with van der Waals surface area (Å²) in [5.41, 5.74) is -1.05. The molecule has 0 fully saturated rings. The van der Waals surface area contributed by atoms with Crippen molar-refractivity contribution in [1.82, 2.24) is 15.0 Å². The SMILES string of the molecule is O=C(O)c1cnc(Sc2ccc(C(F)(F)F)cn2)cn1. The van der Waals surface area contributed by atoms with Gasteiger partial charge in [0.15, 0.2) is 5.69 Å². The average Bonchev–Trinajstić information content (AvgIpc) is 2.39. The van der Waals surface area contributed by atoms with Crippen LogP contribution in [-0.4, -0.2) is 26.0 Å². The molecule has 0 unspecified atom stereocenters. The molecule has 0 aliphatic carbocycles. The summed E-state index contributed by atoms with van der Waals surface area (Å²) >= 11 is 0.982. The zero-order chi connectivity index (χ0) is 14.8. The maximum Gasteiger partial charge on any atom is 0.417 e. The Labute approximate surface area is 114 Å². The highest BCUT2D eigenvalue weighted by molar-refractivity contribution is 7.99. The van der Waals surface area contributed by atoms with Crippen LogP contribution >= 0.6 is 11.8 Å². The Morgan fingerprint density at radius 3 is 2.20 bits per heavy atom. The van der Waals surface area contributed by atoms with Gasteiger partial charge in [-0.05, 0) is 23.9 Å². The zero-order valence-corrected chi connectivity index (χ0v) is 10.4. The Hall–Kier alpha value is -2.16. The maximum absolute atomic E-state index is 12.3. The molecule has 0 saturated carbocycles. The van der Waals surface area contributed by atoms with Gasteiger partial charge in [-0.25, -0.2) is 19.7 Å². The van der Waals surface area contributed by atoms with Crippen molar-refractivity contribution in [2.75, 3.05) is 0 Å². The van der Waals surface area contributed by atoms with E-state index in [2.05, 4.69) is 15.0 Å². The third-order valence-electron chi connectivity index (χ3n) is 2.12. The summed E-state index contributed by atoms with van der Waals surface area (Å²) in [7, 11) is 0. The van der Waals surface area contributed by atoms with Crippen molar-refractivity contribution in [3.05, 3.63) is 42.0 Å². The van der Waals surface area contributed by atoms with Gasteiger partial charge in [0.05, 0.1) is 18.0 Å². The topological polar surface area (TPSA) is 76.0 Å². The molecule has 0 amide bonds. The molecule has 0 aromatic carbocycles. The monoisotopic (exact) mass is 301 g/mol. The summed E-state index contributed by atoms with van der Waals surface area (Å²) in [6.45, 7) is 0. The van der Waals surface area contributed by atoms with E-state index in [1.54, 1.807) is 0 Å². The van der Waals surface area contributed by atoms with Crippen LogP contribution in [0.4, 0.5) is 13.2 Å². The molecule has 2 aromatic heterocycles.